The van der Waals surface area contributed by atoms with Gasteiger partial charge in [-0.25, -0.2) is 4.39 Å². The number of carbonyl (C=O) groups is 1. The Morgan fingerprint density at radius 2 is 2.14 bits per heavy atom. The first-order chi connectivity index (χ1) is 10.4. The third kappa shape index (κ3) is 3.43. The Morgan fingerprint density at radius 3 is 2.73 bits per heavy atom. The molecule has 114 valence electrons. The van der Waals surface area contributed by atoms with Gasteiger partial charge >= 0.3 is 0 Å². The molecule has 0 spiro atoms. The van der Waals surface area contributed by atoms with Crippen LogP contribution in [0.3, 0.4) is 0 Å². The molecule has 0 heterocycles. The summed E-state index contributed by atoms with van der Waals surface area (Å²) < 4.78 is 14.0. The summed E-state index contributed by atoms with van der Waals surface area (Å²) in [4.78, 5) is 11.4. The minimum atomic E-state index is -0.779. The maximum atomic E-state index is 14.0. The number of hydrogen-bond acceptors (Lipinski definition) is 3. The standard InChI is InChI=1S/C16H15ClFN3O/c17-10-6-4-9(5-7-10)13(19)8-14(20)15-11(16(21)22)2-1-3-12(15)18/h1-6,8,10,19H,7,20H2,(H2,21,22). The molecule has 4 nitrogen and oxygen atoms in total. The van der Waals surface area contributed by atoms with Gasteiger partial charge in [0.2, 0.25) is 5.91 Å². The smallest absolute Gasteiger partial charge is 0.249 e. The fourth-order valence-corrected chi connectivity index (χ4v) is 2.29. The quantitative estimate of drug-likeness (QED) is 0.588. The van der Waals surface area contributed by atoms with Gasteiger partial charge in [0.25, 0.3) is 0 Å². The molecule has 5 N–H and O–H groups in total. The Bertz CT molecular complexity index is 722. The summed E-state index contributed by atoms with van der Waals surface area (Å²) in [7, 11) is 0. The lowest BCUT2D eigenvalue weighted by molar-refractivity contribution is 0.0999. The van der Waals surface area contributed by atoms with Crippen LogP contribution in [0.1, 0.15) is 22.3 Å². The van der Waals surface area contributed by atoms with Crippen molar-refractivity contribution in [3.8, 4) is 0 Å². The molecule has 0 bridgehead atoms. The van der Waals surface area contributed by atoms with E-state index in [1.54, 1.807) is 18.2 Å². The lowest BCUT2D eigenvalue weighted by Gasteiger charge is -2.11. The van der Waals surface area contributed by atoms with E-state index in [1.807, 2.05) is 0 Å². The monoisotopic (exact) mass is 319 g/mol. The fourth-order valence-electron chi connectivity index (χ4n) is 2.13. The van der Waals surface area contributed by atoms with E-state index in [9.17, 15) is 9.18 Å². The molecule has 0 aromatic heterocycles. The Hall–Kier alpha value is -2.40. The van der Waals surface area contributed by atoms with E-state index in [-0.39, 0.29) is 27.9 Å². The van der Waals surface area contributed by atoms with Crippen LogP contribution in [0.25, 0.3) is 5.70 Å². The summed E-state index contributed by atoms with van der Waals surface area (Å²) in [6.07, 6.45) is 7.20. The SMILES string of the molecule is N=C(C=C(N)c1c(F)cccc1C(N)=O)C1=CCC(Cl)C=C1. The summed E-state index contributed by atoms with van der Waals surface area (Å²) in [5, 5.41) is 7.93. The highest BCUT2D eigenvalue weighted by molar-refractivity contribution is 6.22. The van der Waals surface area contributed by atoms with Crippen LogP contribution in [0.2, 0.25) is 0 Å². The highest BCUT2D eigenvalue weighted by Gasteiger charge is 2.16. The van der Waals surface area contributed by atoms with Crippen molar-refractivity contribution < 1.29 is 9.18 Å². The van der Waals surface area contributed by atoms with Crippen molar-refractivity contribution in [2.75, 3.05) is 0 Å². The normalized spacial score (nSPS) is 18.0. The van der Waals surface area contributed by atoms with Crippen molar-refractivity contribution in [1.29, 1.82) is 5.41 Å². The van der Waals surface area contributed by atoms with Gasteiger partial charge in [0.1, 0.15) is 5.82 Å². The van der Waals surface area contributed by atoms with Crippen molar-refractivity contribution in [2.24, 2.45) is 11.5 Å². The lowest BCUT2D eigenvalue weighted by atomic mass is 9.98. The molecule has 2 rings (SSSR count). The molecule has 1 unspecified atom stereocenters. The topological polar surface area (TPSA) is 93.0 Å². The Morgan fingerprint density at radius 1 is 1.41 bits per heavy atom. The first-order valence-corrected chi connectivity index (χ1v) is 7.01. The summed E-state index contributed by atoms with van der Waals surface area (Å²) in [6.45, 7) is 0. The second kappa shape index (κ2) is 6.58. The van der Waals surface area contributed by atoms with E-state index in [4.69, 9.17) is 28.5 Å². The third-order valence-corrected chi connectivity index (χ3v) is 3.55. The predicted molar refractivity (Wildman–Crippen MR) is 86.3 cm³/mol. The van der Waals surface area contributed by atoms with Crippen LogP contribution in [-0.2, 0) is 0 Å². The lowest BCUT2D eigenvalue weighted by Crippen LogP contribution is -2.17. The van der Waals surface area contributed by atoms with Crippen molar-refractivity contribution >= 4 is 28.9 Å². The molecule has 22 heavy (non-hydrogen) atoms. The van der Waals surface area contributed by atoms with Crippen molar-refractivity contribution in [3.63, 3.8) is 0 Å². The second-order valence-electron chi connectivity index (χ2n) is 4.81. The number of nitrogens with two attached hydrogens (primary N) is 2. The van der Waals surface area contributed by atoms with Gasteiger partial charge in [0.15, 0.2) is 0 Å². The van der Waals surface area contributed by atoms with E-state index < -0.39 is 11.7 Å². The van der Waals surface area contributed by atoms with Gasteiger partial charge in [-0.1, -0.05) is 24.3 Å². The van der Waals surface area contributed by atoms with Gasteiger partial charge in [-0.3, -0.25) is 4.79 Å². The molecule has 0 saturated carbocycles. The number of benzene rings is 1. The number of allylic oxidation sites excluding steroid dienone is 5. The molecule has 1 aliphatic carbocycles. The number of halogens is 2. The number of primary amides is 1. The van der Waals surface area contributed by atoms with Crippen LogP contribution < -0.4 is 11.5 Å². The number of hydrogen-bond donors (Lipinski definition) is 3. The van der Waals surface area contributed by atoms with Crippen molar-refractivity contribution in [2.45, 2.75) is 11.8 Å². The van der Waals surface area contributed by atoms with Gasteiger partial charge in [-0.05, 0) is 30.2 Å². The van der Waals surface area contributed by atoms with Gasteiger partial charge in [0, 0.05) is 11.3 Å². The Kier molecular flexibility index (Phi) is 4.78. The molecule has 6 heteroatoms. The molecule has 0 radical (unpaired) electrons. The van der Waals surface area contributed by atoms with E-state index in [0.29, 0.717) is 12.0 Å². The van der Waals surface area contributed by atoms with E-state index >= 15 is 0 Å². The largest absolute Gasteiger partial charge is 0.398 e. The fraction of sp³-hybridized carbons (Fsp3) is 0.125. The molecule has 1 atom stereocenters. The van der Waals surface area contributed by atoms with Crippen molar-refractivity contribution in [1.82, 2.24) is 0 Å². The number of rotatable bonds is 4. The van der Waals surface area contributed by atoms with E-state index in [1.165, 1.54) is 24.3 Å². The van der Waals surface area contributed by atoms with Gasteiger partial charge < -0.3 is 16.9 Å². The minimum Gasteiger partial charge on any atom is -0.398 e. The van der Waals surface area contributed by atoms with E-state index in [2.05, 4.69) is 0 Å². The highest BCUT2D eigenvalue weighted by atomic mass is 35.5. The third-order valence-electron chi connectivity index (χ3n) is 3.23. The van der Waals surface area contributed by atoms with Gasteiger partial charge in [-0.2, -0.15) is 0 Å². The molecule has 1 aliphatic rings. The summed E-state index contributed by atoms with van der Waals surface area (Å²) >= 11 is 5.92. The molecular weight excluding hydrogens is 305 g/mol. The van der Waals surface area contributed by atoms with Crippen LogP contribution >= 0.6 is 11.6 Å². The second-order valence-corrected chi connectivity index (χ2v) is 5.37. The Labute approximate surface area is 132 Å². The van der Waals surface area contributed by atoms with Crippen LogP contribution in [0, 0.1) is 11.2 Å². The van der Waals surface area contributed by atoms with Crippen molar-refractivity contribution in [3.05, 3.63) is 65.0 Å². The zero-order chi connectivity index (χ0) is 16.3. The van der Waals surface area contributed by atoms with Crippen LogP contribution in [0.4, 0.5) is 4.39 Å². The molecule has 0 saturated heterocycles. The Balaban J connectivity index is 2.36. The first kappa shape index (κ1) is 16.0. The minimum absolute atomic E-state index is 0.0180. The maximum Gasteiger partial charge on any atom is 0.249 e. The summed E-state index contributed by atoms with van der Waals surface area (Å²) in [6, 6.07) is 3.96. The van der Waals surface area contributed by atoms with Crippen LogP contribution in [0.15, 0.2) is 48.1 Å². The average Bonchev–Trinajstić information content (AvgIpc) is 2.47. The highest BCUT2D eigenvalue weighted by Crippen LogP contribution is 2.21. The molecule has 1 aromatic carbocycles. The zero-order valence-electron chi connectivity index (χ0n) is 11.6. The molecule has 0 fully saturated rings. The summed E-state index contributed by atoms with van der Waals surface area (Å²) in [5.74, 6) is -1.44. The molecule has 0 aliphatic heterocycles. The number of amides is 1. The number of carbonyl (C=O) groups excluding carboxylic acids is 1. The zero-order valence-corrected chi connectivity index (χ0v) is 12.4. The number of nitrogens with one attached hydrogen (secondary N) is 1. The van der Waals surface area contributed by atoms with Crippen LogP contribution in [0.5, 0.6) is 0 Å². The molecular formula is C16H15ClFN3O. The maximum absolute atomic E-state index is 14.0. The van der Waals surface area contributed by atoms with Crippen LogP contribution in [-0.4, -0.2) is 17.0 Å². The van der Waals surface area contributed by atoms with E-state index in [0.717, 1.165) is 0 Å². The predicted octanol–water partition coefficient (Wildman–Crippen LogP) is 2.74. The molecule has 1 aromatic rings. The average molecular weight is 320 g/mol. The first-order valence-electron chi connectivity index (χ1n) is 6.57. The van der Waals surface area contributed by atoms with Gasteiger partial charge in [0.05, 0.1) is 16.7 Å². The number of alkyl halides is 1. The molecule has 1 amide bonds. The van der Waals surface area contributed by atoms with Gasteiger partial charge in [-0.15, -0.1) is 11.6 Å². The summed E-state index contributed by atoms with van der Waals surface area (Å²) in [5.41, 5.74) is 11.7.